The molecule has 2 atom stereocenters. The maximum atomic E-state index is 13.1. The standard InChI is InChI=1S/C27H32N6O2/c1-17-8-18(2)10-22(9-17)30-27-29-13-21-14-32(15-25(21)31-27)24-5-7-33(19(3)11-24)26(35)20-4-6-28-23(12-20)16-34/h4,6,8-10,12-13,19,24,34H,5,7,11,14-16H2,1-3H3,(H,29,30,31)/t19-,24-/m1/s1. The number of aryl methyl sites for hydroxylation is 2. The summed E-state index contributed by atoms with van der Waals surface area (Å²) in [6.07, 6.45) is 5.36. The highest BCUT2D eigenvalue weighted by atomic mass is 16.3. The van der Waals surface area contributed by atoms with Crippen LogP contribution in [0.4, 0.5) is 11.6 Å². The van der Waals surface area contributed by atoms with Gasteiger partial charge in [0.05, 0.1) is 18.0 Å². The fraction of sp³-hybridized carbons (Fsp3) is 0.407. The first kappa shape index (κ1) is 23.4. The second-order valence-corrected chi connectivity index (χ2v) is 9.79. The van der Waals surface area contributed by atoms with E-state index in [0.717, 1.165) is 37.3 Å². The van der Waals surface area contributed by atoms with Crippen molar-refractivity contribution in [1.29, 1.82) is 0 Å². The molecule has 2 N–H and O–H groups in total. The van der Waals surface area contributed by atoms with Crippen molar-refractivity contribution in [3.63, 3.8) is 0 Å². The van der Waals surface area contributed by atoms with Gasteiger partial charge in [-0.2, -0.15) is 0 Å². The molecule has 8 heteroatoms. The largest absolute Gasteiger partial charge is 0.390 e. The van der Waals surface area contributed by atoms with E-state index in [4.69, 9.17) is 4.98 Å². The van der Waals surface area contributed by atoms with Crippen LogP contribution in [0.3, 0.4) is 0 Å². The summed E-state index contributed by atoms with van der Waals surface area (Å²) in [5, 5.41) is 12.7. The molecule has 3 aromatic rings. The van der Waals surface area contributed by atoms with Crippen LogP contribution in [0.15, 0.2) is 42.7 Å². The monoisotopic (exact) mass is 472 g/mol. The molecule has 8 nitrogen and oxygen atoms in total. The van der Waals surface area contributed by atoms with Gasteiger partial charge in [-0.25, -0.2) is 9.97 Å². The van der Waals surface area contributed by atoms with Gasteiger partial charge >= 0.3 is 0 Å². The van der Waals surface area contributed by atoms with E-state index in [1.165, 1.54) is 16.7 Å². The quantitative estimate of drug-likeness (QED) is 0.584. The van der Waals surface area contributed by atoms with Gasteiger partial charge in [0, 0.05) is 60.9 Å². The van der Waals surface area contributed by atoms with E-state index in [2.05, 4.69) is 59.2 Å². The number of likely N-dealkylation sites (tertiary alicyclic amines) is 1. The molecule has 0 unspecified atom stereocenters. The van der Waals surface area contributed by atoms with E-state index in [0.29, 0.717) is 29.8 Å². The summed E-state index contributed by atoms with van der Waals surface area (Å²) in [5.74, 6) is 0.634. The van der Waals surface area contributed by atoms with E-state index < -0.39 is 0 Å². The number of aliphatic hydroxyl groups excluding tert-OH is 1. The number of carbonyl (C=O) groups excluding carboxylic acids is 1. The number of rotatable bonds is 5. The number of benzene rings is 1. The van der Waals surface area contributed by atoms with Crippen molar-refractivity contribution in [3.05, 3.63) is 76.4 Å². The Morgan fingerprint density at radius 1 is 1.14 bits per heavy atom. The molecule has 0 bridgehead atoms. The zero-order valence-corrected chi connectivity index (χ0v) is 20.5. The Morgan fingerprint density at radius 2 is 1.94 bits per heavy atom. The molecular weight excluding hydrogens is 440 g/mol. The maximum absolute atomic E-state index is 13.1. The van der Waals surface area contributed by atoms with Crippen LogP contribution in [0.5, 0.6) is 0 Å². The summed E-state index contributed by atoms with van der Waals surface area (Å²) in [6, 6.07) is 10.3. The van der Waals surface area contributed by atoms with Crippen molar-refractivity contribution < 1.29 is 9.90 Å². The Kier molecular flexibility index (Phi) is 6.49. The Morgan fingerprint density at radius 3 is 2.69 bits per heavy atom. The van der Waals surface area contributed by atoms with Crippen molar-refractivity contribution in [2.75, 3.05) is 11.9 Å². The van der Waals surface area contributed by atoms with Crippen molar-refractivity contribution >= 4 is 17.5 Å². The maximum Gasteiger partial charge on any atom is 0.254 e. The number of hydrogen-bond acceptors (Lipinski definition) is 7. The van der Waals surface area contributed by atoms with Gasteiger partial charge < -0.3 is 15.3 Å². The topological polar surface area (TPSA) is 94.5 Å². The van der Waals surface area contributed by atoms with Crippen LogP contribution < -0.4 is 5.32 Å². The predicted molar refractivity (Wildman–Crippen MR) is 134 cm³/mol. The van der Waals surface area contributed by atoms with Crippen molar-refractivity contribution in [3.8, 4) is 0 Å². The number of hydrogen-bond donors (Lipinski definition) is 2. The lowest BCUT2D eigenvalue weighted by molar-refractivity contribution is 0.0460. The average molecular weight is 473 g/mol. The van der Waals surface area contributed by atoms with Gasteiger partial charge in [-0.05, 0) is 69.0 Å². The molecule has 0 aliphatic carbocycles. The fourth-order valence-electron chi connectivity index (χ4n) is 5.32. The highest BCUT2D eigenvalue weighted by molar-refractivity contribution is 5.94. The van der Waals surface area contributed by atoms with Crippen molar-refractivity contribution in [2.24, 2.45) is 0 Å². The number of fused-ring (bicyclic) bond motifs is 1. The minimum absolute atomic E-state index is 0.00530. The minimum Gasteiger partial charge on any atom is -0.390 e. The highest BCUT2D eigenvalue weighted by Gasteiger charge is 2.35. The average Bonchev–Trinajstić information content (AvgIpc) is 3.26. The predicted octanol–water partition coefficient (Wildman–Crippen LogP) is 3.73. The van der Waals surface area contributed by atoms with E-state index in [-0.39, 0.29) is 18.6 Å². The van der Waals surface area contributed by atoms with Crippen LogP contribution in [0, 0.1) is 13.8 Å². The molecule has 0 radical (unpaired) electrons. The first-order chi connectivity index (χ1) is 16.9. The molecule has 2 aliphatic heterocycles. The summed E-state index contributed by atoms with van der Waals surface area (Å²) >= 11 is 0. The summed E-state index contributed by atoms with van der Waals surface area (Å²) in [5.41, 5.74) is 6.76. The van der Waals surface area contributed by atoms with Gasteiger partial charge in [-0.3, -0.25) is 14.7 Å². The second-order valence-electron chi connectivity index (χ2n) is 9.79. The van der Waals surface area contributed by atoms with Gasteiger partial charge in [-0.1, -0.05) is 6.07 Å². The fourth-order valence-corrected chi connectivity index (χ4v) is 5.32. The summed E-state index contributed by atoms with van der Waals surface area (Å²) < 4.78 is 0. The summed E-state index contributed by atoms with van der Waals surface area (Å²) in [7, 11) is 0. The van der Waals surface area contributed by atoms with Gasteiger partial charge in [-0.15, -0.1) is 0 Å². The smallest absolute Gasteiger partial charge is 0.254 e. The Balaban J connectivity index is 1.22. The molecule has 2 aromatic heterocycles. The minimum atomic E-state index is -0.168. The van der Waals surface area contributed by atoms with E-state index in [1.54, 1.807) is 18.3 Å². The Bertz CT molecular complexity index is 1230. The first-order valence-electron chi connectivity index (χ1n) is 12.2. The van der Waals surface area contributed by atoms with Gasteiger partial charge in [0.25, 0.3) is 5.91 Å². The summed E-state index contributed by atoms with van der Waals surface area (Å²) in [4.78, 5) is 31.0. The van der Waals surface area contributed by atoms with Gasteiger partial charge in [0.2, 0.25) is 5.95 Å². The number of anilines is 2. The highest BCUT2D eigenvalue weighted by Crippen LogP contribution is 2.31. The molecule has 0 saturated carbocycles. The molecule has 1 aromatic carbocycles. The van der Waals surface area contributed by atoms with Crippen molar-refractivity contribution in [2.45, 2.75) is 65.4 Å². The van der Waals surface area contributed by atoms with Crippen LogP contribution in [0.25, 0.3) is 0 Å². The molecule has 4 heterocycles. The number of aromatic nitrogens is 3. The van der Waals surface area contributed by atoms with Crippen molar-refractivity contribution in [1.82, 2.24) is 24.8 Å². The Labute approximate surface area is 206 Å². The third-order valence-electron chi connectivity index (χ3n) is 7.01. The number of nitrogens with zero attached hydrogens (tertiary/aromatic N) is 5. The zero-order chi connectivity index (χ0) is 24.5. The third kappa shape index (κ3) is 5.04. The Hall–Kier alpha value is -3.36. The molecule has 1 fully saturated rings. The van der Waals surface area contributed by atoms with Crippen LogP contribution in [-0.2, 0) is 19.7 Å². The molecule has 1 amide bonds. The van der Waals surface area contributed by atoms with Crippen LogP contribution in [-0.4, -0.2) is 54.4 Å². The van der Waals surface area contributed by atoms with E-state index in [1.807, 2.05) is 11.1 Å². The SMILES string of the molecule is Cc1cc(C)cc(Nc2ncc3c(n2)CN([C@@H]2CCN(C(=O)c4ccnc(CO)c4)[C@H](C)C2)C3)c1. The second kappa shape index (κ2) is 9.71. The lowest BCUT2D eigenvalue weighted by Crippen LogP contribution is -2.50. The molecule has 2 aliphatic rings. The molecule has 0 spiro atoms. The lowest BCUT2D eigenvalue weighted by Gasteiger charge is -2.41. The number of carbonyl (C=O) groups is 1. The van der Waals surface area contributed by atoms with E-state index >= 15 is 0 Å². The molecule has 5 rings (SSSR count). The lowest BCUT2D eigenvalue weighted by atomic mass is 9.96. The van der Waals surface area contributed by atoms with Crippen LogP contribution in [0.2, 0.25) is 0 Å². The zero-order valence-electron chi connectivity index (χ0n) is 20.5. The number of piperidine rings is 1. The normalized spacial score (nSPS) is 20.1. The van der Waals surface area contributed by atoms with Crippen LogP contribution >= 0.6 is 0 Å². The number of pyridine rings is 1. The third-order valence-corrected chi connectivity index (χ3v) is 7.01. The molecule has 182 valence electrons. The van der Waals surface area contributed by atoms with E-state index in [9.17, 15) is 9.90 Å². The van der Waals surface area contributed by atoms with Crippen LogP contribution in [0.1, 0.15) is 58.2 Å². The molecule has 35 heavy (non-hydrogen) atoms. The summed E-state index contributed by atoms with van der Waals surface area (Å²) in [6.45, 7) is 8.47. The first-order valence-corrected chi connectivity index (χ1v) is 12.2. The number of amides is 1. The van der Waals surface area contributed by atoms with Gasteiger partial charge in [0.15, 0.2) is 0 Å². The van der Waals surface area contributed by atoms with Gasteiger partial charge in [0.1, 0.15) is 0 Å². The number of aliphatic hydroxyl groups is 1. The number of nitrogens with one attached hydrogen (secondary N) is 1. The molecular formula is C27H32N6O2. The molecule has 1 saturated heterocycles.